The first-order valence-corrected chi connectivity index (χ1v) is 5.52. The molecule has 0 bridgehead atoms. The Bertz CT molecular complexity index is 566. The number of carbonyl (C=O) groups is 1. The molecule has 1 saturated heterocycles. The molecule has 1 aromatic carbocycles. The summed E-state index contributed by atoms with van der Waals surface area (Å²) < 4.78 is 16.2. The highest BCUT2D eigenvalue weighted by atomic mass is 16.6. The molecule has 1 atom stereocenters. The highest BCUT2D eigenvalue weighted by molar-refractivity contribution is 5.97. The zero-order valence-corrected chi connectivity index (χ0v) is 9.43. The van der Waals surface area contributed by atoms with E-state index in [1.165, 1.54) is 6.92 Å². The van der Waals surface area contributed by atoms with Gasteiger partial charge in [0.25, 0.3) is 0 Å². The van der Waals surface area contributed by atoms with Gasteiger partial charge in [-0.15, -0.1) is 0 Å². The van der Waals surface area contributed by atoms with Crippen molar-refractivity contribution in [2.75, 3.05) is 13.2 Å². The fourth-order valence-electron chi connectivity index (χ4n) is 1.68. The van der Waals surface area contributed by atoms with Crippen molar-refractivity contribution < 1.29 is 18.7 Å². The number of fused-ring (bicyclic) bond motifs is 1. The number of carbonyl (C=O) groups excluding carboxylic acids is 1. The van der Waals surface area contributed by atoms with Crippen molar-refractivity contribution in [2.24, 2.45) is 0 Å². The lowest BCUT2D eigenvalue weighted by molar-refractivity contribution is 0.0989. The summed E-state index contributed by atoms with van der Waals surface area (Å²) in [5.41, 5.74) is 0.671. The molecule has 88 valence electrons. The van der Waals surface area contributed by atoms with Crippen LogP contribution >= 0.6 is 0 Å². The average molecular weight is 232 g/mol. The van der Waals surface area contributed by atoms with Crippen LogP contribution < -0.4 is 4.74 Å². The minimum Gasteiger partial charge on any atom is -0.490 e. The Morgan fingerprint density at radius 1 is 1.53 bits per heavy atom. The molecule has 0 aliphatic carbocycles. The van der Waals surface area contributed by atoms with Crippen LogP contribution in [0, 0.1) is 0 Å². The van der Waals surface area contributed by atoms with Gasteiger partial charge in [0.15, 0.2) is 11.5 Å². The smallest absolute Gasteiger partial charge is 0.194 e. The lowest BCUT2D eigenvalue weighted by atomic mass is 10.2. The molecule has 2 aromatic rings. The van der Waals surface area contributed by atoms with Crippen molar-refractivity contribution in [2.45, 2.75) is 13.0 Å². The Morgan fingerprint density at radius 3 is 3.06 bits per heavy atom. The third kappa shape index (κ3) is 2.03. The minimum atomic E-state index is -0.0855. The first kappa shape index (κ1) is 10.4. The molecule has 0 saturated carbocycles. The fraction of sp³-hybridized carbons (Fsp3) is 0.308. The van der Waals surface area contributed by atoms with E-state index in [-0.39, 0.29) is 11.9 Å². The summed E-state index contributed by atoms with van der Waals surface area (Å²) in [5.74, 6) is 1.01. The summed E-state index contributed by atoms with van der Waals surface area (Å²) in [5, 5.41) is 0.832. The van der Waals surface area contributed by atoms with Crippen LogP contribution in [0.15, 0.2) is 28.7 Å². The lowest BCUT2D eigenvalue weighted by Crippen LogP contribution is -2.03. The number of rotatable bonds is 4. The maximum Gasteiger partial charge on any atom is 0.194 e. The van der Waals surface area contributed by atoms with Crippen LogP contribution in [0.3, 0.4) is 0 Å². The van der Waals surface area contributed by atoms with Gasteiger partial charge < -0.3 is 13.9 Å². The fourth-order valence-corrected chi connectivity index (χ4v) is 1.68. The normalized spacial score (nSPS) is 18.3. The summed E-state index contributed by atoms with van der Waals surface area (Å²) >= 11 is 0. The summed E-state index contributed by atoms with van der Waals surface area (Å²) in [4.78, 5) is 11.2. The second-order valence-electron chi connectivity index (χ2n) is 4.10. The van der Waals surface area contributed by atoms with Gasteiger partial charge in [-0.2, -0.15) is 0 Å². The average Bonchev–Trinajstić information content (AvgIpc) is 3.02. The topological polar surface area (TPSA) is 52.0 Å². The van der Waals surface area contributed by atoms with Crippen LogP contribution in [0.5, 0.6) is 5.75 Å². The Morgan fingerprint density at radius 2 is 2.35 bits per heavy atom. The van der Waals surface area contributed by atoms with E-state index in [9.17, 15) is 4.79 Å². The Hall–Kier alpha value is -1.81. The zero-order chi connectivity index (χ0) is 11.8. The van der Waals surface area contributed by atoms with Crippen LogP contribution in [-0.2, 0) is 4.74 Å². The zero-order valence-electron chi connectivity index (χ0n) is 9.43. The molecule has 0 radical (unpaired) electrons. The SMILES string of the molecule is CC(=O)c1cc2c(OCC3CO3)cccc2o1. The summed E-state index contributed by atoms with van der Waals surface area (Å²) in [6, 6.07) is 7.26. The van der Waals surface area contributed by atoms with Crippen LogP contribution in [0.1, 0.15) is 17.5 Å². The summed E-state index contributed by atoms with van der Waals surface area (Å²) in [6.45, 7) is 2.79. The maximum atomic E-state index is 11.2. The highest BCUT2D eigenvalue weighted by Crippen LogP contribution is 2.29. The van der Waals surface area contributed by atoms with E-state index in [0.29, 0.717) is 18.0 Å². The minimum absolute atomic E-state index is 0.0855. The molecule has 1 aliphatic heterocycles. The number of ketones is 1. The van der Waals surface area contributed by atoms with Crippen LogP contribution in [0.25, 0.3) is 11.0 Å². The predicted molar refractivity (Wildman–Crippen MR) is 61.5 cm³/mol. The van der Waals surface area contributed by atoms with E-state index >= 15 is 0 Å². The molecular formula is C13H12O4. The summed E-state index contributed by atoms with van der Waals surface area (Å²) in [6.07, 6.45) is 0.212. The maximum absolute atomic E-state index is 11.2. The van der Waals surface area contributed by atoms with Crippen LogP contribution in [0.4, 0.5) is 0 Å². The van der Waals surface area contributed by atoms with Crippen molar-refractivity contribution in [1.82, 2.24) is 0 Å². The standard InChI is InChI=1S/C13H12O4/c1-8(14)13-5-10-11(16-7-9-6-15-9)3-2-4-12(10)17-13/h2-5,9H,6-7H2,1H3. The molecule has 0 amide bonds. The van der Waals surface area contributed by atoms with E-state index in [1.807, 2.05) is 18.2 Å². The van der Waals surface area contributed by atoms with Gasteiger partial charge in [-0.05, 0) is 18.2 Å². The van der Waals surface area contributed by atoms with Crippen molar-refractivity contribution in [3.63, 3.8) is 0 Å². The number of furan rings is 1. The third-order valence-corrected chi connectivity index (χ3v) is 2.70. The van der Waals surface area contributed by atoms with Gasteiger partial charge in [-0.1, -0.05) is 6.07 Å². The molecule has 1 aliphatic rings. The van der Waals surface area contributed by atoms with Gasteiger partial charge in [0, 0.05) is 6.92 Å². The number of epoxide rings is 1. The van der Waals surface area contributed by atoms with Crippen molar-refractivity contribution in [3.8, 4) is 5.75 Å². The largest absolute Gasteiger partial charge is 0.490 e. The van der Waals surface area contributed by atoms with Crippen molar-refractivity contribution >= 4 is 16.8 Å². The second kappa shape index (κ2) is 3.89. The predicted octanol–water partition coefficient (Wildman–Crippen LogP) is 2.41. The van der Waals surface area contributed by atoms with Crippen LogP contribution in [0.2, 0.25) is 0 Å². The number of hydrogen-bond donors (Lipinski definition) is 0. The Balaban J connectivity index is 1.95. The first-order valence-electron chi connectivity index (χ1n) is 5.52. The quantitative estimate of drug-likeness (QED) is 0.600. The van der Waals surface area contributed by atoms with E-state index in [0.717, 1.165) is 17.7 Å². The molecule has 4 heteroatoms. The van der Waals surface area contributed by atoms with Gasteiger partial charge >= 0.3 is 0 Å². The lowest BCUT2D eigenvalue weighted by Gasteiger charge is -2.04. The third-order valence-electron chi connectivity index (χ3n) is 2.70. The highest BCUT2D eigenvalue weighted by Gasteiger charge is 2.23. The van der Waals surface area contributed by atoms with E-state index in [2.05, 4.69) is 0 Å². The van der Waals surface area contributed by atoms with Gasteiger partial charge in [-0.3, -0.25) is 4.79 Å². The van der Waals surface area contributed by atoms with Crippen molar-refractivity contribution in [1.29, 1.82) is 0 Å². The molecule has 1 unspecified atom stereocenters. The molecule has 4 nitrogen and oxygen atoms in total. The molecule has 17 heavy (non-hydrogen) atoms. The monoisotopic (exact) mass is 232 g/mol. The Kier molecular flexibility index (Phi) is 2.37. The number of hydrogen-bond acceptors (Lipinski definition) is 4. The molecule has 3 rings (SSSR count). The van der Waals surface area contributed by atoms with Crippen LogP contribution in [-0.4, -0.2) is 25.1 Å². The first-order chi connectivity index (χ1) is 8.24. The Labute approximate surface area is 98.1 Å². The van der Waals surface area contributed by atoms with E-state index in [4.69, 9.17) is 13.9 Å². The number of benzene rings is 1. The molecule has 2 heterocycles. The van der Waals surface area contributed by atoms with E-state index < -0.39 is 0 Å². The molecule has 0 spiro atoms. The molecule has 0 N–H and O–H groups in total. The second-order valence-corrected chi connectivity index (χ2v) is 4.10. The summed E-state index contributed by atoms with van der Waals surface area (Å²) in [7, 11) is 0. The van der Waals surface area contributed by atoms with Gasteiger partial charge in [-0.25, -0.2) is 0 Å². The van der Waals surface area contributed by atoms with Crippen molar-refractivity contribution in [3.05, 3.63) is 30.0 Å². The molecule has 1 aromatic heterocycles. The van der Waals surface area contributed by atoms with Gasteiger partial charge in [0.2, 0.25) is 0 Å². The molecular weight excluding hydrogens is 220 g/mol. The molecule has 1 fully saturated rings. The number of Topliss-reactive ketones (excluding diaryl/α,β-unsaturated/α-hetero) is 1. The number of ether oxygens (including phenoxy) is 2. The van der Waals surface area contributed by atoms with E-state index in [1.54, 1.807) is 6.07 Å². The van der Waals surface area contributed by atoms with Gasteiger partial charge in [0.05, 0.1) is 12.0 Å². The van der Waals surface area contributed by atoms with Gasteiger partial charge in [0.1, 0.15) is 24.0 Å².